The van der Waals surface area contributed by atoms with E-state index < -0.39 is 5.54 Å². The molecule has 21 heavy (non-hydrogen) atoms. The maximum Gasteiger partial charge on any atom is 0.273 e. The van der Waals surface area contributed by atoms with E-state index in [-0.39, 0.29) is 24.0 Å². The van der Waals surface area contributed by atoms with Gasteiger partial charge in [-0.2, -0.15) is 0 Å². The van der Waals surface area contributed by atoms with Crippen LogP contribution in [0.1, 0.15) is 37.2 Å². The highest BCUT2D eigenvalue weighted by molar-refractivity contribution is 5.93. The number of halogens is 1. The number of hydrogen-bond acceptors (Lipinski definition) is 5. The Balaban J connectivity index is 0.00000220. The first-order valence-electron chi connectivity index (χ1n) is 6.67. The summed E-state index contributed by atoms with van der Waals surface area (Å²) in [4.78, 5) is 12.2. The number of aromatic nitrogens is 1. The molecular formula is C14H20ClN3O3. The molecule has 0 bridgehead atoms. The van der Waals surface area contributed by atoms with Crippen LogP contribution in [0.2, 0.25) is 0 Å². The molecule has 0 spiro atoms. The Kier molecular flexibility index (Phi) is 5.99. The molecule has 2 heterocycles. The predicted octanol–water partition coefficient (Wildman–Crippen LogP) is 2.60. The Bertz CT molecular complexity index is 554. The largest absolute Gasteiger partial charge is 0.461 e. The van der Waals surface area contributed by atoms with Crippen LogP contribution < -0.4 is 11.1 Å². The van der Waals surface area contributed by atoms with Gasteiger partial charge in [0.15, 0.2) is 11.5 Å². The van der Waals surface area contributed by atoms with Crippen LogP contribution in [0, 0.1) is 0 Å². The topological polar surface area (TPSA) is 94.3 Å². The molecule has 0 saturated carbocycles. The molecule has 0 aliphatic carbocycles. The van der Waals surface area contributed by atoms with Gasteiger partial charge in [-0.05, 0) is 25.0 Å². The van der Waals surface area contributed by atoms with E-state index in [0.717, 1.165) is 12.8 Å². The minimum Gasteiger partial charge on any atom is -0.461 e. The SMILES string of the molecule is CCC(CC)(CN)NC(=O)c1cc(-c2ccco2)on1.Cl. The first-order chi connectivity index (χ1) is 9.64. The number of amides is 1. The summed E-state index contributed by atoms with van der Waals surface area (Å²) in [5.74, 6) is 0.667. The normalized spacial score (nSPS) is 11.0. The van der Waals surface area contributed by atoms with E-state index in [0.29, 0.717) is 18.1 Å². The first-order valence-corrected chi connectivity index (χ1v) is 6.67. The minimum absolute atomic E-state index is 0. The van der Waals surface area contributed by atoms with Crippen LogP contribution in [0.15, 0.2) is 33.4 Å². The van der Waals surface area contributed by atoms with E-state index in [1.807, 2.05) is 13.8 Å². The summed E-state index contributed by atoms with van der Waals surface area (Å²) in [6.45, 7) is 4.37. The van der Waals surface area contributed by atoms with Crippen LogP contribution in [0.4, 0.5) is 0 Å². The van der Waals surface area contributed by atoms with E-state index in [4.69, 9.17) is 14.7 Å². The Morgan fingerprint density at radius 2 is 2.10 bits per heavy atom. The van der Waals surface area contributed by atoms with E-state index >= 15 is 0 Å². The van der Waals surface area contributed by atoms with Gasteiger partial charge in [0.05, 0.1) is 11.8 Å². The molecule has 0 unspecified atom stereocenters. The smallest absolute Gasteiger partial charge is 0.273 e. The zero-order valence-corrected chi connectivity index (χ0v) is 12.9. The summed E-state index contributed by atoms with van der Waals surface area (Å²) >= 11 is 0. The van der Waals surface area contributed by atoms with Crippen LogP contribution in [0.5, 0.6) is 0 Å². The zero-order valence-electron chi connectivity index (χ0n) is 12.1. The number of nitrogens with one attached hydrogen (secondary N) is 1. The zero-order chi connectivity index (χ0) is 14.6. The molecule has 7 heteroatoms. The molecule has 2 aromatic heterocycles. The molecule has 0 fully saturated rings. The van der Waals surface area contributed by atoms with Crippen molar-refractivity contribution >= 4 is 18.3 Å². The van der Waals surface area contributed by atoms with Crippen molar-refractivity contribution in [3.8, 4) is 11.5 Å². The second-order valence-corrected chi connectivity index (χ2v) is 4.70. The molecule has 6 nitrogen and oxygen atoms in total. The summed E-state index contributed by atoms with van der Waals surface area (Å²) in [6, 6.07) is 5.04. The van der Waals surface area contributed by atoms with E-state index in [1.54, 1.807) is 18.2 Å². The molecule has 0 aliphatic rings. The molecule has 0 radical (unpaired) electrons. The third-order valence-electron chi connectivity index (χ3n) is 3.63. The van der Waals surface area contributed by atoms with E-state index in [1.165, 1.54) is 6.26 Å². The third kappa shape index (κ3) is 3.65. The molecule has 2 aromatic rings. The Morgan fingerprint density at radius 1 is 1.38 bits per heavy atom. The van der Waals surface area contributed by atoms with Crippen molar-refractivity contribution in [2.24, 2.45) is 5.73 Å². The van der Waals surface area contributed by atoms with Gasteiger partial charge in [-0.3, -0.25) is 4.79 Å². The van der Waals surface area contributed by atoms with Crippen molar-refractivity contribution in [2.45, 2.75) is 32.2 Å². The fraction of sp³-hybridized carbons (Fsp3) is 0.429. The van der Waals surface area contributed by atoms with Crippen LogP contribution >= 0.6 is 12.4 Å². The van der Waals surface area contributed by atoms with Crippen molar-refractivity contribution in [1.29, 1.82) is 0 Å². The van der Waals surface area contributed by atoms with Gasteiger partial charge in [0.2, 0.25) is 5.76 Å². The van der Waals surface area contributed by atoms with Gasteiger partial charge in [0.25, 0.3) is 5.91 Å². The second kappa shape index (κ2) is 7.28. The fourth-order valence-corrected chi connectivity index (χ4v) is 1.99. The van der Waals surface area contributed by atoms with Crippen molar-refractivity contribution in [2.75, 3.05) is 6.54 Å². The Morgan fingerprint density at radius 3 is 2.62 bits per heavy atom. The Labute approximate surface area is 129 Å². The molecule has 0 aromatic carbocycles. The lowest BCUT2D eigenvalue weighted by atomic mass is 9.93. The number of furan rings is 1. The van der Waals surface area contributed by atoms with Crippen LogP contribution in [-0.2, 0) is 0 Å². The highest BCUT2D eigenvalue weighted by Gasteiger charge is 2.28. The van der Waals surface area contributed by atoms with Crippen LogP contribution in [0.25, 0.3) is 11.5 Å². The van der Waals surface area contributed by atoms with E-state index in [9.17, 15) is 4.79 Å². The summed E-state index contributed by atoms with van der Waals surface area (Å²) in [5.41, 5.74) is 5.58. The average Bonchev–Trinajstić information content (AvgIpc) is 3.14. The van der Waals surface area contributed by atoms with Gasteiger partial charge in [0.1, 0.15) is 0 Å². The quantitative estimate of drug-likeness (QED) is 0.854. The number of carbonyl (C=O) groups is 1. The highest BCUT2D eigenvalue weighted by atomic mass is 35.5. The number of nitrogens with two attached hydrogens (primary N) is 1. The molecule has 2 rings (SSSR count). The average molecular weight is 314 g/mol. The molecule has 0 atom stereocenters. The lowest BCUT2D eigenvalue weighted by molar-refractivity contribution is 0.0886. The molecule has 116 valence electrons. The summed E-state index contributed by atoms with van der Waals surface area (Å²) in [6.07, 6.45) is 3.05. The summed E-state index contributed by atoms with van der Waals surface area (Å²) < 4.78 is 10.3. The maximum absolute atomic E-state index is 12.2. The van der Waals surface area contributed by atoms with E-state index in [2.05, 4.69) is 10.5 Å². The van der Waals surface area contributed by atoms with Crippen LogP contribution in [-0.4, -0.2) is 23.1 Å². The minimum atomic E-state index is -0.402. The number of carbonyl (C=O) groups excluding carboxylic acids is 1. The van der Waals surface area contributed by atoms with Crippen molar-refractivity contribution < 1.29 is 13.7 Å². The van der Waals surface area contributed by atoms with Gasteiger partial charge in [-0.25, -0.2) is 0 Å². The lowest BCUT2D eigenvalue weighted by Crippen LogP contribution is -2.52. The monoisotopic (exact) mass is 313 g/mol. The maximum atomic E-state index is 12.2. The summed E-state index contributed by atoms with van der Waals surface area (Å²) in [5, 5.41) is 6.71. The van der Waals surface area contributed by atoms with Crippen LogP contribution in [0.3, 0.4) is 0 Å². The number of nitrogens with zero attached hydrogens (tertiary/aromatic N) is 1. The second-order valence-electron chi connectivity index (χ2n) is 4.70. The van der Waals surface area contributed by atoms with Gasteiger partial charge in [-0.1, -0.05) is 19.0 Å². The van der Waals surface area contributed by atoms with Gasteiger partial charge in [-0.15, -0.1) is 12.4 Å². The molecule has 3 N–H and O–H groups in total. The number of hydrogen-bond donors (Lipinski definition) is 2. The third-order valence-corrected chi connectivity index (χ3v) is 3.63. The predicted molar refractivity (Wildman–Crippen MR) is 81.3 cm³/mol. The van der Waals surface area contributed by atoms with Gasteiger partial charge in [0, 0.05) is 12.6 Å². The summed E-state index contributed by atoms with van der Waals surface area (Å²) in [7, 11) is 0. The lowest BCUT2D eigenvalue weighted by Gasteiger charge is -2.30. The molecular weight excluding hydrogens is 294 g/mol. The first kappa shape index (κ1) is 17.3. The van der Waals surface area contributed by atoms with Crippen molar-refractivity contribution in [3.05, 3.63) is 30.2 Å². The number of rotatable bonds is 6. The Hall–Kier alpha value is -1.79. The van der Waals surface area contributed by atoms with Crippen molar-refractivity contribution in [3.63, 3.8) is 0 Å². The van der Waals surface area contributed by atoms with Gasteiger partial charge >= 0.3 is 0 Å². The molecule has 0 saturated heterocycles. The fourth-order valence-electron chi connectivity index (χ4n) is 1.99. The standard InChI is InChI=1S/C14H19N3O3.ClH/c1-3-14(4-2,9-15)16-13(18)10-8-12(20-17-10)11-6-5-7-19-11;/h5-8H,3-4,9,15H2,1-2H3,(H,16,18);1H. The molecule has 0 aliphatic heterocycles. The van der Waals surface area contributed by atoms with Crippen molar-refractivity contribution in [1.82, 2.24) is 10.5 Å². The molecule has 1 amide bonds. The highest BCUT2D eigenvalue weighted by Crippen LogP contribution is 2.21. The van der Waals surface area contributed by atoms with Gasteiger partial charge < -0.3 is 20.0 Å².